The summed E-state index contributed by atoms with van der Waals surface area (Å²) < 4.78 is 3.40. The van der Waals surface area contributed by atoms with Crippen molar-refractivity contribution in [2.75, 3.05) is 0 Å². The van der Waals surface area contributed by atoms with Crippen LogP contribution in [0.2, 0.25) is 0 Å². The highest BCUT2D eigenvalue weighted by Gasteiger charge is 2.05. The van der Waals surface area contributed by atoms with Crippen molar-refractivity contribution in [1.29, 1.82) is 0 Å². The summed E-state index contributed by atoms with van der Waals surface area (Å²) in [7, 11) is 0. The van der Waals surface area contributed by atoms with Gasteiger partial charge in [0.1, 0.15) is 0 Å². The highest BCUT2D eigenvalue weighted by molar-refractivity contribution is 7.97. The molecular weight excluding hydrogens is 252 g/mol. The van der Waals surface area contributed by atoms with Crippen LogP contribution in [0.25, 0.3) is 10.9 Å². The second kappa shape index (κ2) is 5.49. The van der Waals surface area contributed by atoms with Crippen LogP contribution in [0.4, 0.5) is 0 Å². The molecule has 0 saturated heterocycles. The predicted octanol–water partition coefficient (Wildman–Crippen LogP) is 4.31. The fourth-order valence-corrected chi connectivity index (χ4v) is 2.87. The maximum atomic E-state index is 4.46. The van der Waals surface area contributed by atoms with Crippen molar-refractivity contribution >= 4 is 22.9 Å². The molecule has 1 heterocycles. The number of aromatic nitrogens is 1. The van der Waals surface area contributed by atoms with Crippen molar-refractivity contribution in [3.8, 4) is 0 Å². The van der Waals surface area contributed by atoms with Crippen LogP contribution in [0, 0.1) is 5.92 Å². The van der Waals surface area contributed by atoms with Gasteiger partial charge in [-0.1, -0.05) is 37.3 Å². The molecule has 0 radical (unpaired) electrons. The number of fused-ring (bicyclic) bond motifs is 1. The van der Waals surface area contributed by atoms with Gasteiger partial charge in [-0.2, -0.15) is 0 Å². The van der Waals surface area contributed by atoms with Gasteiger partial charge in [-0.3, -0.25) is 4.98 Å². The van der Waals surface area contributed by atoms with Crippen molar-refractivity contribution in [1.82, 2.24) is 9.71 Å². The molecule has 3 rings (SSSR count). The van der Waals surface area contributed by atoms with E-state index < -0.39 is 0 Å². The molecule has 1 aromatic heterocycles. The second-order valence-electron chi connectivity index (χ2n) is 4.77. The summed E-state index contributed by atoms with van der Waals surface area (Å²) in [5, 5.41) is 1.18. The Morgan fingerprint density at radius 1 is 1.26 bits per heavy atom. The Kier molecular flexibility index (Phi) is 3.56. The van der Waals surface area contributed by atoms with Crippen molar-refractivity contribution in [2.24, 2.45) is 5.92 Å². The van der Waals surface area contributed by atoms with Gasteiger partial charge in [-0.05, 0) is 42.5 Å². The van der Waals surface area contributed by atoms with E-state index in [-0.39, 0.29) is 0 Å². The number of nitrogens with zero attached hydrogens (tertiary/aromatic N) is 1. The Hall–Kier alpha value is -1.74. The number of pyridine rings is 1. The highest BCUT2D eigenvalue weighted by atomic mass is 32.2. The Labute approximate surface area is 117 Å². The van der Waals surface area contributed by atoms with Gasteiger partial charge in [0.15, 0.2) is 0 Å². The third-order valence-corrected chi connectivity index (χ3v) is 4.08. The molecule has 0 saturated carbocycles. The van der Waals surface area contributed by atoms with Gasteiger partial charge in [-0.25, -0.2) is 0 Å². The molecule has 0 fully saturated rings. The summed E-state index contributed by atoms with van der Waals surface area (Å²) in [5.74, 6) is 0.648. The zero-order chi connectivity index (χ0) is 13.1. The summed E-state index contributed by atoms with van der Waals surface area (Å²) >= 11 is 1.63. The molecule has 3 heteroatoms. The van der Waals surface area contributed by atoms with E-state index in [1.165, 1.54) is 11.1 Å². The molecule has 1 aliphatic carbocycles. The molecule has 1 atom stereocenters. The molecule has 1 aromatic carbocycles. The van der Waals surface area contributed by atoms with Gasteiger partial charge in [0.05, 0.1) is 10.4 Å². The number of benzene rings is 1. The first-order valence-corrected chi connectivity index (χ1v) is 7.29. The molecule has 1 unspecified atom stereocenters. The van der Waals surface area contributed by atoms with Gasteiger partial charge >= 0.3 is 0 Å². The van der Waals surface area contributed by atoms with Gasteiger partial charge in [0.25, 0.3) is 0 Å². The van der Waals surface area contributed by atoms with E-state index in [4.69, 9.17) is 0 Å². The summed E-state index contributed by atoms with van der Waals surface area (Å²) in [5.41, 5.74) is 2.23. The minimum absolute atomic E-state index is 0.648. The van der Waals surface area contributed by atoms with E-state index in [1.807, 2.05) is 12.3 Å². The van der Waals surface area contributed by atoms with Crippen molar-refractivity contribution < 1.29 is 0 Å². The molecule has 2 nitrogen and oxygen atoms in total. The number of nitrogens with one attached hydrogen (secondary N) is 1. The molecule has 1 aliphatic rings. The maximum absolute atomic E-state index is 4.46. The average molecular weight is 268 g/mol. The van der Waals surface area contributed by atoms with Crippen molar-refractivity contribution in [3.63, 3.8) is 0 Å². The normalized spacial score (nSPS) is 18.4. The van der Waals surface area contributed by atoms with Gasteiger partial charge in [0.2, 0.25) is 0 Å². The number of para-hydroxylation sites is 1. The Bertz CT molecular complexity index is 641. The predicted molar refractivity (Wildman–Crippen MR) is 81.7 cm³/mol. The Balaban J connectivity index is 1.77. The molecule has 0 bridgehead atoms. The van der Waals surface area contributed by atoms with E-state index in [9.17, 15) is 0 Å². The monoisotopic (exact) mass is 268 g/mol. The summed E-state index contributed by atoms with van der Waals surface area (Å²) in [6.45, 7) is 2.23. The average Bonchev–Trinajstić information content (AvgIpc) is 2.47. The Morgan fingerprint density at radius 3 is 3.00 bits per heavy atom. The third kappa shape index (κ3) is 2.82. The van der Waals surface area contributed by atoms with Crippen LogP contribution in [0.1, 0.15) is 13.3 Å². The topological polar surface area (TPSA) is 24.9 Å². The van der Waals surface area contributed by atoms with E-state index in [0.717, 1.165) is 16.8 Å². The largest absolute Gasteiger partial charge is 0.326 e. The van der Waals surface area contributed by atoms with Gasteiger partial charge in [0, 0.05) is 17.3 Å². The summed E-state index contributed by atoms with van der Waals surface area (Å²) in [4.78, 5) is 5.62. The number of hydrogen-bond acceptors (Lipinski definition) is 3. The third-order valence-electron chi connectivity index (χ3n) is 3.19. The molecule has 2 aromatic rings. The zero-order valence-corrected chi connectivity index (χ0v) is 11.7. The second-order valence-corrected chi connectivity index (χ2v) is 5.62. The SMILES string of the molecule is CC1C=CC(NSc2cccc3cccnc23)=CC1. The standard InChI is InChI=1S/C16H16N2S/c1-12-7-9-14(10-8-12)18-19-15-6-2-4-13-5-3-11-17-16(13)15/h2-7,9-12,18H,8H2,1H3. The Morgan fingerprint density at radius 2 is 2.16 bits per heavy atom. The smallest absolute Gasteiger partial charge is 0.0855 e. The minimum atomic E-state index is 0.648. The molecule has 96 valence electrons. The lowest BCUT2D eigenvalue weighted by Gasteiger charge is -2.13. The van der Waals surface area contributed by atoms with Crippen LogP contribution in [0.5, 0.6) is 0 Å². The maximum Gasteiger partial charge on any atom is 0.0855 e. The van der Waals surface area contributed by atoms with E-state index >= 15 is 0 Å². The van der Waals surface area contributed by atoms with Crippen LogP contribution < -0.4 is 4.72 Å². The molecule has 19 heavy (non-hydrogen) atoms. The van der Waals surface area contributed by atoms with E-state index in [2.05, 4.69) is 59.1 Å². The molecule has 1 N–H and O–H groups in total. The quantitative estimate of drug-likeness (QED) is 0.840. The molecule has 0 spiro atoms. The van der Waals surface area contributed by atoms with Gasteiger partial charge < -0.3 is 4.72 Å². The molecule has 0 aliphatic heterocycles. The summed E-state index contributed by atoms with van der Waals surface area (Å²) in [6, 6.07) is 10.3. The van der Waals surface area contributed by atoms with Crippen LogP contribution >= 0.6 is 11.9 Å². The first kappa shape index (κ1) is 12.3. The van der Waals surface area contributed by atoms with E-state index in [1.54, 1.807) is 11.9 Å². The number of rotatable bonds is 3. The fraction of sp³-hybridized carbons (Fsp3) is 0.188. The zero-order valence-electron chi connectivity index (χ0n) is 10.8. The molecular formula is C16H16N2S. The fourth-order valence-electron chi connectivity index (χ4n) is 2.08. The molecule has 0 amide bonds. The lowest BCUT2D eigenvalue weighted by Crippen LogP contribution is -2.05. The van der Waals surface area contributed by atoms with Crippen molar-refractivity contribution in [2.45, 2.75) is 18.2 Å². The number of allylic oxidation sites excluding steroid dienone is 3. The number of hydrogen-bond donors (Lipinski definition) is 1. The van der Waals surface area contributed by atoms with Crippen LogP contribution in [-0.4, -0.2) is 4.98 Å². The first-order valence-electron chi connectivity index (χ1n) is 6.48. The summed E-state index contributed by atoms with van der Waals surface area (Å²) in [6.07, 6.45) is 9.58. The van der Waals surface area contributed by atoms with Gasteiger partial charge in [-0.15, -0.1) is 0 Å². The lowest BCUT2D eigenvalue weighted by molar-refractivity contribution is 0.727. The van der Waals surface area contributed by atoms with Crippen LogP contribution in [-0.2, 0) is 0 Å². The highest BCUT2D eigenvalue weighted by Crippen LogP contribution is 2.25. The van der Waals surface area contributed by atoms with E-state index in [0.29, 0.717) is 5.92 Å². The van der Waals surface area contributed by atoms with Crippen LogP contribution in [0.15, 0.2) is 65.3 Å². The minimum Gasteiger partial charge on any atom is -0.326 e. The van der Waals surface area contributed by atoms with Crippen LogP contribution in [0.3, 0.4) is 0 Å². The van der Waals surface area contributed by atoms with Crippen molar-refractivity contribution in [3.05, 3.63) is 60.5 Å². The first-order chi connectivity index (χ1) is 9.33. The lowest BCUT2D eigenvalue weighted by atomic mass is 10.0.